The smallest absolute Gasteiger partial charge is 0.317 e. The molecule has 0 saturated heterocycles. The Kier molecular flexibility index (Phi) is 3.03. The third-order valence-electron chi connectivity index (χ3n) is 2.29. The molecule has 0 bridgehead atoms. The predicted molar refractivity (Wildman–Crippen MR) is 60.1 cm³/mol. The molecule has 1 rings (SSSR count). The molecule has 17 heavy (non-hydrogen) atoms. The first kappa shape index (κ1) is 12.9. The molecule has 0 atom stereocenters. The monoisotopic (exact) mass is 240 g/mol. The fourth-order valence-electron chi connectivity index (χ4n) is 1.46. The summed E-state index contributed by atoms with van der Waals surface area (Å²) in [5, 5.41) is 30.9. The number of nitro benzene ring substituents is 2. The number of aromatic hydroxyl groups is 1. The molecule has 0 radical (unpaired) electrons. The number of phenolic OH excluding ortho intramolecular Hbond substituents is 1. The van der Waals surface area contributed by atoms with Crippen molar-refractivity contribution < 1.29 is 15.0 Å². The molecule has 0 fully saturated rings. The van der Waals surface area contributed by atoms with Gasteiger partial charge in [-0.05, 0) is 11.5 Å². The Morgan fingerprint density at radius 3 is 1.88 bits per heavy atom. The van der Waals surface area contributed by atoms with Gasteiger partial charge in [0, 0.05) is 5.56 Å². The van der Waals surface area contributed by atoms with E-state index in [4.69, 9.17) is 0 Å². The minimum Gasteiger partial charge on any atom is -0.502 e. The summed E-state index contributed by atoms with van der Waals surface area (Å²) in [6, 6.07) is 1.87. The Balaban J connectivity index is 3.58. The van der Waals surface area contributed by atoms with E-state index in [-0.39, 0.29) is 11.3 Å². The molecule has 1 aromatic rings. The van der Waals surface area contributed by atoms with Crippen molar-refractivity contribution in [3.05, 3.63) is 37.9 Å². The van der Waals surface area contributed by atoms with E-state index in [0.29, 0.717) is 0 Å². The fourth-order valence-corrected chi connectivity index (χ4v) is 1.46. The lowest BCUT2D eigenvalue weighted by Gasteiger charge is -2.18. The second-order valence-electron chi connectivity index (χ2n) is 4.62. The van der Waals surface area contributed by atoms with Crippen LogP contribution in [0.25, 0.3) is 0 Å². The van der Waals surface area contributed by atoms with Crippen molar-refractivity contribution in [3.8, 4) is 5.75 Å². The van der Waals surface area contributed by atoms with Gasteiger partial charge in [-0.15, -0.1) is 0 Å². The Morgan fingerprint density at radius 2 is 1.53 bits per heavy atom. The fraction of sp³-hybridized carbons (Fsp3) is 0.400. The van der Waals surface area contributed by atoms with Crippen molar-refractivity contribution in [1.82, 2.24) is 0 Å². The maximum atomic E-state index is 10.9. The largest absolute Gasteiger partial charge is 0.502 e. The standard InChI is InChI=1S/C10H12N2O5/c1-10(2,3)6-4-9(13)8(12(16)17)5-7(6)11(14)15/h4-5,13H,1-3H3. The second-order valence-corrected chi connectivity index (χ2v) is 4.62. The number of phenols is 1. The molecular weight excluding hydrogens is 228 g/mol. The maximum absolute atomic E-state index is 10.9. The number of rotatable bonds is 2. The minimum absolute atomic E-state index is 0.255. The van der Waals surface area contributed by atoms with E-state index in [0.717, 1.165) is 12.1 Å². The van der Waals surface area contributed by atoms with Crippen molar-refractivity contribution in [2.45, 2.75) is 26.2 Å². The molecule has 0 heterocycles. The van der Waals surface area contributed by atoms with Crippen LogP contribution in [0.1, 0.15) is 26.3 Å². The molecule has 7 heteroatoms. The first-order valence-corrected chi connectivity index (χ1v) is 4.81. The molecule has 0 amide bonds. The van der Waals surface area contributed by atoms with E-state index in [9.17, 15) is 25.3 Å². The summed E-state index contributed by atoms with van der Waals surface area (Å²) in [6.07, 6.45) is 0. The summed E-state index contributed by atoms with van der Waals surface area (Å²) >= 11 is 0. The average Bonchev–Trinajstić information content (AvgIpc) is 2.14. The normalized spacial score (nSPS) is 11.2. The third-order valence-corrected chi connectivity index (χ3v) is 2.29. The molecule has 0 unspecified atom stereocenters. The Bertz CT molecular complexity index is 490. The van der Waals surface area contributed by atoms with E-state index in [1.54, 1.807) is 20.8 Å². The second kappa shape index (κ2) is 4.00. The van der Waals surface area contributed by atoms with Crippen molar-refractivity contribution >= 4 is 11.4 Å². The first-order valence-electron chi connectivity index (χ1n) is 4.81. The van der Waals surface area contributed by atoms with Crippen LogP contribution in [-0.4, -0.2) is 15.0 Å². The van der Waals surface area contributed by atoms with E-state index >= 15 is 0 Å². The Morgan fingerprint density at radius 1 is 1.06 bits per heavy atom. The Labute approximate surface area is 97.0 Å². The quantitative estimate of drug-likeness (QED) is 0.631. The van der Waals surface area contributed by atoms with Crippen LogP contribution in [0.5, 0.6) is 5.75 Å². The van der Waals surface area contributed by atoms with Crippen molar-refractivity contribution in [2.75, 3.05) is 0 Å². The van der Waals surface area contributed by atoms with Crippen molar-refractivity contribution in [2.24, 2.45) is 0 Å². The van der Waals surface area contributed by atoms with Gasteiger partial charge in [0.1, 0.15) is 0 Å². The molecule has 92 valence electrons. The van der Waals surface area contributed by atoms with Gasteiger partial charge < -0.3 is 5.11 Å². The van der Waals surface area contributed by atoms with Crippen LogP contribution in [0.2, 0.25) is 0 Å². The summed E-state index contributed by atoms with van der Waals surface area (Å²) in [6.45, 7) is 5.17. The summed E-state index contributed by atoms with van der Waals surface area (Å²) in [5.41, 5.74) is -1.35. The van der Waals surface area contributed by atoms with Crippen LogP contribution >= 0.6 is 0 Å². The summed E-state index contributed by atoms with van der Waals surface area (Å²) in [5.74, 6) is -0.564. The summed E-state index contributed by atoms with van der Waals surface area (Å²) in [4.78, 5) is 19.9. The molecule has 0 spiro atoms. The first-order chi connectivity index (χ1) is 7.64. The van der Waals surface area contributed by atoms with Gasteiger partial charge in [0.2, 0.25) is 0 Å². The lowest BCUT2D eigenvalue weighted by Crippen LogP contribution is -2.14. The highest BCUT2D eigenvalue weighted by atomic mass is 16.6. The van der Waals surface area contributed by atoms with Gasteiger partial charge in [-0.2, -0.15) is 0 Å². The SMILES string of the molecule is CC(C)(C)c1cc(O)c([N+](=O)[O-])cc1[N+](=O)[O-]. The Hall–Kier alpha value is -2.18. The third kappa shape index (κ3) is 2.49. The lowest BCUT2D eigenvalue weighted by molar-refractivity contribution is -0.395. The van der Waals surface area contributed by atoms with Gasteiger partial charge in [0.05, 0.1) is 15.9 Å². The maximum Gasteiger partial charge on any atom is 0.317 e. The van der Waals surface area contributed by atoms with Gasteiger partial charge in [-0.3, -0.25) is 20.2 Å². The minimum atomic E-state index is -0.852. The van der Waals surface area contributed by atoms with E-state index < -0.39 is 26.7 Å². The van der Waals surface area contributed by atoms with Gasteiger partial charge in [0.25, 0.3) is 5.69 Å². The highest BCUT2D eigenvalue weighted by Gasteiger charge is 2.30. The van der Waals surface area contributed by atoms with E-state index in [2.05, 4.69) is 0 Å². The van der Waals surface area contributed by atoms with Gasteiger partial charge in [-0.1, -0.05) is 20.8 Å². The zero-order valence-electron chi connectivity index (χ0n) is 9.63. The molecule has 0 saturated carbocycles. The van der Waals surface area contributed by atoms with Crippen LogP contribution in [0.3, 0.4) is 0 Å². The molecule has 7 nitrogen and oxygen atoms in total. The van der Waals surface area contributed by atoms with Crippen molar-refractivity contribution in [1.29, 1.82) is 0 Å². The summed E-state index contributed by atoms with van der Waals surface area (Å²) in [7, 11) is 0. The van der Waals surface area contributed by atoms with Crippen LogP contribution in [-0.2, 0) is 5.41 Å². The zero-order chi connectivity index (χ0) is 13.4. The van der Waals surface area contributed by atoms with Crippen molar-refractivity contribution in [3.63, 3.8) is 0 Å². The number of nitro groups is 2. The zero-order valence-corrected chi connectivity index (χ0v) is 9.63. The number of nitrogens with zero attached hydrogens (tertiary/aromatic N) is 2. The average molecular weight is 240 g/mol. The van der Waals surface area contributed by atoms with Gasteiger partial charge in [-0.25, -0.2) is 0 Å². The molecule has 0 aliphatic rings. The predicted octanol–water partition coefficient (Wildman–Crippen LogP) is 2.51. The van der Waals surface area contributed by atoms with Crippen LogP contribution in [0.15, 0.2) is 12.1 Å². The molecule has 0 aliphatic carbocycles. The van der Waals surface area contributed by atoms with Crippen LogP contribution < -0.4 is 0 Å². The number of hydrogen-bond acceptors (Lipinski definition) is 5. The van der Waals surface area contributed by atoms with Crippen LogP contribution in [0, 0.1) is 20.2 Å². The molecule has 0 aromatic heterocycles. The topological polar surface area (TPSA) is 107 Å². The number of benzene rings is 1. The van der Waals surface area contributed by atoms with Crippen LogP contribution in [0.4, 0.5) is 11.4 Å². The van der Waals surface area contributed by atoms with Gasteiger partial charge in [0.15, 0.2) is 5.75 Å². The molecule has 0 aliphatic heterocycles. The lowest BCUT2D eigenvalue weighted by atomic mass is 9.85. The van der Waals surface area contributed by atoms with E-state index in [1.165, 1.54) is 0 Å². The molecular formula is C10H12N2O5. The van der Waals surface area contributed by atoms with E-state index in [1.807, 2.05) is 0 Å². The number of hydrogen-bond donors (Lipinski definition) is 1. The highest BCUT2D eigenvalue weighted by Crippen LogP contribution is 2.39. The molecule has 1 aromatic carbocycles. The summed E-state index contributed by atoms with van der Waals surface area (Å²) < 4.78 is 0. The molecule has 1 N–H and O–H groups in total. The van der Waals surface area contributed by atoms with Gasteiger partial charge >= 0.3 is 5.69 Å². The highest BCUT2D eigenvalue weighted by molar-refractivity contribution is 5.59.